The van der Waals surface area contributed by atoms with Gasteiger partial charge in [0.05, 0.1) is 22.7 Å². The average Bonchev–Trinajstić information content (AvgIpc) is 2.91. The van der Waals surface area contributed by atoms with E-state index in [1.54, 1.807) is 30.6 Å². The summed E-state index contributed by atoms with van der Waals surface area (Å²) in [7, 11) is -4.13. The molecule has 4 aromatic carbocycles. The number of sulfonamides is 1. The minimum absolute atomic E-state index is 0.0108. The van der Waals surface area contributed by atoms with Crippen LogP contribution in [0.2, 0.25) is 0 Å². The summed E-state index contributed by atoms with van der Waals surface area (Å²) in [5.41, 5.74) is 4.06. The molecule has 0 aromatic heterocycles. The van der Waals surface area contributed by atoms with Crippen LogP contribution in [0.25, 0.3) is 0 Å². The molecule has 4 aromatic rings. The number of carbonyl (C=O) groups excluding carboxylic acids is 1. The van der Waals surface area contributed by atoms with Crippen molar-refractivity contribution in [1.82, 2.24) is 5.48 Å². The van der Waals surface area contributed by atoms with Crippen molar-refractivity contribution in [3.63, 3.8) is 0 Å². The van der Waals surface area contributed by atoms with E-state index < -0.39 is 15.9 Å². The summed E-state index contributed by atoms with van der Waals surface area (Å²) in [4.78, 5) is 12.6. The van der Waals surface area contributed by atoms with E-state index in [2.05, 4.69) is 15.9 Å². The minimum Gasteiger partial charge on any atom is -0.489 e. The number of nitrogens with one attached hydrogen (secondary N) is 1. The molecule has 9 heteroatoms. The normalized spacial score (nSPS) is 11.1. The van der Waals surface area contributed by atoms with Crippen LogP contribution >= 0.6 is 15.9 Å². The molecule has 0 bridgehead atoms. The van der Waals surface area contributed by atoms with E-state index in [1.165, 1.54) is 22.5 Å². The molecule has 0 saturated carbocycles. The van der Waals surface area contributed by atoms with Gasteiger partial charge in [-0.3, -0.25) is 14.3 Å². The molecule has 37 heavy (non-hydrogen) atoms. The summed E-state index contributed by atoms with van der Waals surface area (Å²) >= 11 is 3.35. The van der Waals surface area contributed by atoms with Crippen molar-refractivity contribution in [2.24, 2.45) is 0 Å². The van der Waals surface area contributed by atoms with Crippen LogP contribution in [0.5, 0.6) is 5.75 Å². The maximum atomic E-state index is 14.0. The largest absolute Gasteiger partial charge is 0.489 e. The van der Waals surface area contributed by atoms with Crippen molar-refractivity contribution in [3.8, 4) is 5.75 Å². The Labute approximate surface area is 224 Å². The molecular weight excluding hydrogens is 556 g/mol. The molecule has 0 saturated heterocycles. The molecule has 0 fully saturated rings. The Kier molecular flexibility index (Phi) is 8.27. The molecule has 0 aliphatic carbocycles. The molecule has 190 valence electrons. The summed E-state index contributed by atoms with van der Waals surface area (Å²) in [6, 6.07) is 28.1. The fourth-order valence-electron chi connectivity index (χ4n) is 3.91. The molecule has 0 aliphatic heterocycles. The molecular formula is C28H25BrN2O5S. The topological polar surface area (TPSA) is 95.9 Å². The van der Waals surface area contributed by atoms with Gasteiger partial charge >= 0.3 is 0 Å². The zero-order valence-electron chi connectivity index (χ0n) is 20.0. The van der Waals surface area contributed by atoms with Crippen LogP contribution in [0.4, 0.5) is 5.69 Å². The van der Waals surface area contributed by atoms with Crippen LogP contribution in [0.1, 0.15) is 27.0 Å². The first kappa shape index (κ1) is 26.4. The number of carbonyl (C=O) groups is 1. The molecule has 0 spiro atoms. The Morgan fingerprint density at radius 2 is 1.51 bits per heavy atom. The second kappa shape index (κ2) is 11.6. The average molecular weight is 581 g/mol. The molecule has 0 heterocycles. The van der Waals surface area contributed by atoms with Gasteiger partial charge in [0.25, 0.3) is 15.9 Å². The van der Waals surface area contributed by atoms with E-state index in [4.69, 9.17) is 4.74 Å². The van der Waals surface area contributed by atoms with E-state index in [0.717, 1.165) is 11.1 Å². The summed E-state index contributed by atoms with van der Waals surface area (Å²) in [5, 5.41) is 9.35. The Bertz CT molecular complexity index is 1480. The van der Waals surface area contributed by atoms with Crippen molar-refractivity contribution in [2.45, 2.75) is 25.0 Å². The van der Waals surface area contributed by atoms with E-state index in [-0.39, 0.29) is 22.7 Å². The SMILES string of the molecule is Cc1cc(Br)cc(C(=O)NO)c1N(Cc1ccccc1)S(=O)(=O)c1ccc(OCc2ccccc2)cc1. The third kappa shape index (κ3) is 6.19. The third-order valence-electron chi connectivity index (χ3n) is 5.69. The molecule has 0 unspecified atom stereocenters. The molecule has 7 nitrogen and oxygen atoms in total. The van der Waals surface area contributed by atoms with Gasteiger partial charge in [-0.2, -0.15) is 0 Å². The second-order valence-corrected chi connectivity index (χ2v) is 11.1. The van der Waals surface area contributed by atoms with Crippen LogP contribution < -0.4 is 14.5 Å². The highest BCUT2D eigenvalue weighted by molar-refractivity contribution is 9.10. The Morgan fingerprint density at radius 3 is 2.11 bits per heavy atom. The third-order valence-corrected chi connectivity index (χ3v) is 7.91. The predicted molar refractivity (Wildman–Crippen MR) is 145 cm³/mol. The number of aryl methyl sites for hydroxylation is 1. The highest BCUT2D eigenvalue weighted by Crippen LogP contribution is 2.35. The number of hydroxylamine groups is 1. The van der Waals surface area contributed by atoms with Crippen LogP contribution in [-0.2, 0) is 23.2 Å². The van der Waals surface area contributed by atoms with Gasteiger partial charge in [0, 0.05) is 4.47 Å². The van der Waals surface area contributed by atoms with Crippen molar-refractivity contribution >= 4 is 37.5 Å². The van der Waals surface area contributed by atoms with Crippen LogP contribution in [-0.4, -0.2) is 19.5 Å². The maximum absolute atomic E-state index is 14.0. The lowest BCUT2D eigenvalue weighted by Gasteiger charge is -2.28. The van der Waals surface area contributed by atoms with Gasteiger partial charge in [0.2, 0.25) is 0 Å². The van der Waals surface area contributed by atoms with Gasteiger partial charge in [0.15, 0.2) is 0 Å². The van der Waals surface area contributed by atoms with Gasteiger partial charge in [-0.25, -0.2) is 13.9 Å². The van der Waals surface area contributed by atoms with Crippen molar-refractivity contribution in [1.29, 1.82) is 0 Å². The van der Waals surface area contributed by atoms with Crippen LogP contribution in [0.3, 0.4) is 0 Å². The van der Waals surface area contributed by atoms with E-state index >= 15 is 0 Å². The maximum Gasteiger partial charge on any atom is 0.276 e. The lowest BCUT2D eigenvalue weighted by atomic mass is 10.1. The van der Waals surface area contributed by atoms with Gasteiger partial charge < -0.3 is 4.74 Å². The second-order valence-electron chi connectivity index (χ2n) is 8.30. The summed E-state index contributed by atoms with van der Waals surface area (Å²) < 4.78 is 35.6. The fraction of sp³-hybridized carbons (Fsp3) is 0.107. The Hall–Kier alpha value is -3.66. The number of benzene rings is 4. The monoisotopic (exact) mass is 580 g/mol. The van der Waals surface area contributed by atoms with Crippen molar-refractivity contribution < 1.29 is 23.2 Å². The van der Waals surface area contributed by atoms with Crippen molar-refractivity contribution in [3.05, 3.63) is 124 Å². The molecule has 0 atom stereocenters. The van der Waals surface area contributed by atoms with Crippen LogP contribution in [0.15, 0.2) is 106 Å². The van der Waals surface area contributed by atoms with Gasteiger partial charge in [0.1, 0.15) is 12.4 Å². The standard InChI is InChI=1S/C28H25BrN2O5S/c1-20-16-23(29)17-26(28(32)30-33)27(20)31(18-21-8-4-2-5-9-21)37(34,35)25-14-12-24(13-15-25)36-19-22-10-6-3-7-11-22/h2-17,33H,18-19H2,1H3,(H,30,32). The first-order valence-electron chi connectivity index (χ1n) is 11.4. The quantitative estimate of drug-likeness (QED) is 0.191. The van der Waals surface area contributed by atoms with E-state index in [9.17, 15) is 18.4 Å². The lowest BCUT2D eigenvalue weighted by Crippen LogP contribution is -2.34. The summed E-state index contributed by atoms with van der Waals surface area (Å²) in [6.45, 7) is 2.04. The Balaban J connectivity index is 1.73. The summed E-state index contributed by atoms with van der Waals surface area (Å²) in [5.74, 6) is -0.296. The number of hydrogen-bond acceptors (Lipinski definition) is 5. The number of ether oxygens (including phenoxy) is 1. The molecule has 1 amide bonds. The number of anilines is 1. The zero-order chi connectivity index (χ0) is 26.4. The highest BCUT2D eigenvalue weighted by atomic mass is 79.9. The highest BCUT2D eigenvalue weighted by Gasteiger charge is 2.30. The molecule has 0 radical (unpaired) electrons. The van der Waals surface area contributed by atoms with E-state index in [0.29, 0.717) is 22.4 Å². The first-order chi connectivity index (χ1) is 17.8. The smallest absolute Gasteiger partial charge is 0.276 e. The van der Waals surface area contributed by atoms with Crippen LogP contribution in [0, 0.1) is 6.92 Å². The minimum atomic E-state index is -4.13. The number of hydrogen-bond donors (Lipinski definition) is 2. The summed E-state index contributed by atoms with van der Waals surface area (Å²) in [6.07, 6.45) is 0. The predicted octanol–water partition coefficient (Wildman–Crippen LogP) is 5.85. The number of amides is 1. The first-order valence-corrected chi connectivity index (χ1v) is 13.6. The van der Waals surface area contributed by atoms with E-state index in [1.807, 2.05) is 60.7 Å². The fourth-order valence-corrected chi connectivity index (χ4v) is 6.02. The van der Waals surface area contributed by atoms with Gasteiger partial charge in [-0.15, -0.1) is 0 Å². The lowest BCUT2D eigenvalue weighted by molar-refractivity contribution is 0.0707. The zero-order valence-corrected chi connectivity index (χ0v) is 22.4. The van der Waals surface area contributed by atoms with Crippen molar-refractivity contribution in [2.75, 3.05) is 4.31 Å². The number of nitrogens with zero attached hydrogens (tertiary/aromatic N) is 1. The van der Waals surface area contributed by atoms with Gasteiger partial charge in [-0.05, 0) is 60.0 Å². The Morgan fingerprint density at radius 1 is 0.919 bits per heavy atom. The molecule has 4 rings (SSSR count). The number of rotatable bonds is 9. The van der Waals surface area contributed by atoms with Gasteiger partial charge in [-0.1, -0.05) is 76.6 Å². The molecule has 2 N–H and O–H groups in total. The number of halogens is 1. The molecule has 0 aliphatic rings.